The third-order valence-electron chi connectivity index (χ3n) is 2.71. The van der Waals surface area contributed by atoms with Crippen molar-refractivity contribution in [2.24, 2.45) is 0 Å². The van der Waals surface area contributed by atoms with Gasteiger partial charge in [0.1, 0.15) is 0 Å². The maximum Gasteiger partial charge on any atom is 0.336 e. The highest BCUT2D eigenvalue weighted by Gasteiger charge is 2.12. The first-order chi connectivity index (χ1) is 9.88. The van der Waals surface area contributed by atoms with Gasteiger partial charge >= 0.3 is 5.97 Å². The van der Waals surface area contributed by atoms with Gasteiger partial charge in [0.2, 0.25) is 0 Å². The minimum Gasteiger partial charge on any atom is -0.478 e. The quantitative estimate of drug-likeness (QED) is 0.668. The van der Waals surface area contributed by atoms with Crippen LogP contribution in [0.3, 0.4) is 0 Å². The maximum atomic E-state index is 12.1. The maximum absolute atomic E-state index is 12.1. The van der Waals surface area contributed by atoms with Crippen molar-refractivity contribution < 1.29 is 14.7 Å². The highest BCUT2D eigenvalue weighted by atomic mass is 79.9. The molecule has 2 aromatic rings. The number of carboxylic acids is 1. The van der Waals surface area contributed by atoms with E-state index in [4.69, 9.17) is 10.8 Å². The molecule has 108 valence electrons. The molecule has 7 heteroatoms. The molecule has 0 spiro atoms. The Bertz CT molecular complexity index is 732. The zero-order valence-electron chi connectivity index (χ0n) is 10.6. The summed E-state index contributed by atoms with van der Waals surface area (Å²) in [4.78, 5) is 23.2. The topological polar surface area (TPSA) is 92.4 Å². The molecule has 0 unspecified atom stereocenters. The summed E-state index contributed by atoms with van der Waals surface area (Å²) in [5, 5.41) is 11.7. The van der Waals surface area contributed by atoms with E-state index in [1.54, 1.807) is 24.3 Å². The van der Waals surface area contributed by atoms with Gasteiger partial charge in [0, 0.05) is 25.9 Å². The molecule has 2 aromatic carbocycles. The highest BCUT2D eigenvalue weighted by Crippen LogP contribution is 2.23. The van der Waals surface area contributed by atoms with Crippen LogP contribution in [0.5, 0.6) is 0 Å². The SMILES string of the molecule is Nc1cc(C(=O)Nc2ccc(Br)c(C(=O)O)c2)ccc1Br. The molecular weight excluding hydrogens is 404 g/mol. The van der Waals surface area contributed by atoms with Gasteiger partial charge in [-0.1, -0.05) is 0 Å². The highest BCUT2D eigenvalue weighted by molar-refractivity contribution is 9.11. The molecule has 0 aliphatic rings. The first-order valence-electron chi connectivity index (χ1n) is 5.77. The van der Waals surface area contributed by atoms with Crippen molar-refractivity contribution in [2.75, 3.05) is 11.1 Å². The van der Waals surface area contributed by atoms with Gasteiger partial charge in [0.15, 0.2) is 0 Å². The molecule has 0 aromatic heterocycles. The van der Waals surface area contributed by atoms with Gasteiger partial charge in [-0.3, -0.25) is 4.79 Å². The lowest BCUT2D eigenvalue weighted by molar-refractivity contribution is 0.0695. The minimum absolute atomic E-state index is 0.0723. The molecule has 0 radical (unpaired) electrons. The lowest BCUT2D eigenvalue weighted by Crippen LogP contribution is -2.13. The smallest absolute Gasteiger partial charge is 0.336 e. The molecule has 0 saturated heterocycles. The van der Waals surface area contributed by atoms with E-state index in [0.717, 1.165) is 0 Å². The van der Waals surface area contributed by atoms with Crippen molar-refractivity contribution in [1.82, 2.24) is 0 Å². The summed E-state index contributed by atoms with van der Waals surface area (Å²) >= 11 is 6.40. The Morgan fingerprint density at radius 3 is 2.33 bits per heavy atom. The Morgan fingerprint density at radius 1 is 1.05 bits per heavy atom. The molecule has 0 aliphatic heterocycles. The molecule has 2 rings (SSSR count). The van der Waals surface area contributed by atoms with E-state index in [1.807, 2.05) is 0 Å². The summed E-state index contributed by atoms with van der Waals surface area (Å²) in [5.41, 5.74) is 7.02. The van der Waals surface area contributed by atoms with E-state index < -0.39 is 5.97 Å². The molecule has 0 heterocycles. The second-order valence-electron chi connectivity index (χ2n) is 4.19. The lowest BCUT2D eigenvalue weighted by Gasteiger charge is -2.08. The molecule has 0 fully saturated rings. The van der Waals surface area contributed by atoms with Crippen LogP contribution in [0.15, 0.2) is 45.3 Å². The number of hydrogen-bond donors (Lipinski definition) is 3. The number of hydrogen-bond acceptors (Lipinski definition) is 3. The third-order valence-corrected chi connectivity index (χ3v) is 4.13. The van der Waals surface area contributed by atoms with E-state index in [-0.39, 0.29) is 11.5 Å². The molecule has 4 N–H and O–H groups in total. The normalized spacial score (nSPS) is 10.2. The summed E-state index contributed by atoms with van der Waals surface area (Å²) in [7, 11) is 0. The van der Waals surface area contributed by atoms with E-state index in [1.165, 1.54) is 12.1 Å². The van der Waals surface area contributed by atoms with Gasteiger partial charge in [-0.2, -0.15) is 0 Å². The third kappa shape index (κ3) is 3.62. The fourth-order valence-electron chi connectivity index (χ4n) is 1.66. The summed E-state index contributed by atoms with van der Waals surface area (Å²) in [6.07, 6.45) is 0. The fourth-order valence-corrected chi connectivity index (χ4v) is 2.32. The number of carboxylic acid groups (broad SMARTS) is 1. The van der Waals surface area contributed by atoms with Gasteiger partial charge in [0.25, 0.3) is 5.91 Å². The van der Waals surface area contributed by atoms with Gasteiger partial charge in [0.05, 0.1) is 5.56 Å². The van der Waals surface area contributed by atoms with Crippen LogP contribution in [0.1, 0.15) is 20.7 Å². The fraction of sp³-hybridized carbons (Fsp3) is 0. The van der Waals surface area contributed by atoms with Crippen molar-refractivity contribution in [3.63, 3.8) is 0 Å². The first kappa shape index (κ1) is 15.5. The van der Waals surface area contributed by atoms with Crippen molar-refractivity contribution in [3.05, 3.63) is 56.5 Å². The second kappa shape index (κ2) is 6.28. The molecule has 1 amide bonds. The number of carbonyl (C=O) groups is 2. The van der Waals surface area contributed by atoms with E-state index in [0.29, 0.717) is 25.9 Å². The monoisotopic (exact) mass is 412 g/mol. The molecule has 5 nitrogen and oxygen atoms in total. The largest absolute Gasteiger partial charge is 0.478 e. The van der Waals surface area contributed by atoms with E-state index in [2.05, 4.69) is 37.2 Å². The number of amides is 1. The van der Waals surface area contributed by atoms with E-state index >= 15 is 0 Å². The number of aromatic carboxylic acids is 1. The van der Waals surface area contributed by atoms with Crippen molar-refractivity contribution in [3.8, 4) is 0 Å². The minimum atomic E-state index is -1.08. The van der Waals surface area contributed by atoms with Crippen LogP contribution in [-0.2, 0) is 0 Å². The number of rotatable bonds is 3. The summed E-state index contributed by atoms with van der Waals surface area (Å²) < 4.78 is 1.15. The van der Waals surface area contributed by atoms with Crippen LogP contribution in [0.2, 0.25) is 0 Å². The lowest BCUT2D eigenvalue weighted by atomic mass is 10.1. The Morgan fingerprint density at radius 2 is 1.71 bits per heavy atom. The van der Waals surface area contributed by atoms with Gasteiger partial charge in [-0.05, 0) is 68.3 Å². The Hall–Kier alpha value is -1.86. The van der Waals surface area contributed by atoms with E-state index in [9.17, 15) is 9.59 Å². The Labute approximate surface area is 137 Å². The van der Waals surface area contributed by atoms with Crippen LogP contribution in [-0.4, -0.2) is 17.0 Å². The number of benzene rings is 2. The molecular formula is C14H10Br2N2O3. The van der Waals surface area contributed by atoms with Crippen molar-refractivity contribution in [2.45, 2.75) is 0 Å². The van der Waals surface area contributed by atoms with Crippen LogP contribution in [0, 0.1) is 0 Å². The van der Waals surface area contributed by atoms with Crippen LogP contribution >= 0.6 is 31.9 Å². The van der Waals surface area contributed by atoms with Gasteiger partial charge in [-0.25, -0.2) is 4.79 Å². The zero-order chi connectivity index (χ0) is 15.6. The predicted octanol–water partition coefficient (Wildman–Crippen LogP) is 3.74. The Balaban J connectivity index is 2.25. The summed E-state index contributed by atoms with van der Waals surface area (Å²) in [6.45, 7) is 0. The van der Waals surface area contributed by atoms with Crippen molar-refractivity contribution in [1.29, 1.82) is 0 Å². The number of nitrogens with one attached hydrogen (secondary N) is 1. The molecule has 21 heavy (non-hydrogen) atoms. The summed E-state index contributed by atoms with van der Waals surface area (Å²) in [6, 6.07) is 9.38. The number of carbonyl (C=O) groups excluding carboxylic acids is 1. The number of halogens is 2. The summed E-state index contributed by atoms with van der Waals surface area (Å²) in [5.74, 6) is -1.45. The van der Waals surface area contributed by atoms with Crippen LogP contribution < -0.4 is 11.1 Å². The predicted molar refractivity (Wildman–Crippen MR) is 87.6 cm³/mol. The van der Waals surface area contributed by atoms with Gasteiger partial charge < -0.3 is 16.2 Å². The van der Waals surface area contributed by atoms with Crippen LogP contribution in [0.25, 0.3) is 0 Å². The molecule has 0 atom stereocenters. The number of nitrogen functional groups attached to an aromatic ring is 1. The number of anilines is 2. The first-order valence-corrected chi connectivity index (χ1v) is 7.36. The van der Waals surface area contributed by atoms with Crippen molar-refractivity contribution >= 4 is 55.1 Å². The Kier molecular flexibility index (Phi) is 4.64. The molecule has 0 bridgehead atoms. The second-order valence-corrected chi connectivity index (χ2v) is 5.90. The number of nitrogens with two attached hydrogens (primary N) is 1. The standard InChI is InChI=1S/C14H10Br2N2O3/c15-10-4-2-8(6-9(10)14(20)21)18-13(19)7-1-3-11(16)12(17)5-7/h1-6H,17H2,(H,18,19)(H,20,21). The molecule has 0 saturated carbocycles. The van der Waals surface area contributed by atoms with Gasteiger partial charge in [-0.15, -0.1) is 0 Å². The zero-order valence-corrected chi connectivity index (χ0v) is 13.7. The average molecular weight is 414 g/mol. The van der Waals surface area contributed by atoms with Crippen LogP contribution in [0.4, 0.5) is 11.4 Å². The molecule has 0 aliphatic carbocycles. The average Bonchev–Trinajstić information content (AvgIpc) is 2.43.